The number of nitrogens with two attached hydrogens (primary N) is 1. The van der Waals surface area contributed by atoms with Gasteiger partial charge in [-0.25, -0.2) is 0 Å². The first kappa shape index (κ1) is 13.2. The van der Waals surface area contributed by atoms with Gasteiger partial charge in [0, 0.05) is 13.2 Å². The van der Waals surface area contributed by atoms with Gasteiger partial charge in [0.25, 0.3) is 0 Å². The molecule has 0 saturated carbocycles. The van der Waals surface area contributed by atoms with Crippen molar-refractivity contribution in [1.29, 1.82) is 0 Å². The van der Waals surface area contributed by atoms with Gasteiger partial charge in [0.2, 0.25) is 5.91 Å². The van der Waals surface area contributed by atoms with Gasteiger partial charge < -0.3 is 10.6 Å². The Morgan fingerprint density at radius 2 is 1.89 bits per heavy atom. The van der Waals surface area contributed by atoms with Crippen molar-refractivity contribution < 1.29 is 4.79 Å². The second kappa shape index (κ2) is 6.11. The number of benzene rings is 1. The number of pyridine rings is 1. The maximum Gasteiger partial charge on any atom is 0.244 e. The molecule has 0 bridgehead atoms. The van der Waals surface area contributed by atoms with E-state index < -0.39 is 6.04 Å². The van der Waals surface area contributed by atoms with Crippen molar-refractivity contribution >= 4 is 5.91 Å². The number of hydrogen-bond acceptors (Lipinski definition) is 3. The van der Waals surface area contributed by atoms with Crippen LogP contribution in [-0.4, -0.2) is 22.8 Å². The summed E-state index contributed by atoms with van der Waals surface area (Å²) in [6.45, 7) is 0.459. The monoisotopic (exact) mass is 255 g/mol. The Bertz CT molecular complexity index is 528. The number of likely N-dealkylation sites (N-methyl/N-ethyl adjacent to an activating group) is 1. The molecule has 2 rings (SSSR count). The van der Waals surface area contributed by atoms with Crippen molar-refractivity contribution in [3.63, 3.8) is 0 Å². The molecule has 1 aromatic carbocycles. The number of amides is 1. The van der Waals surface area contributed by atoms with Gasteiger partial charge in [0.1, 0.15) is 6.04 Å². The molecule has 0 aliphatic heterocycles. The minimum atomic E-state index is -0.630. The fraction of sp³-hybridized carbons (Fsp3) is 0.200. The van der Waals surface area contributed by atoms with E-state index in [4.69, 9.17) is 5.73 Å². The summed E-state index contributed by atoms with van der Waals surface area (Å²) in [6.07, 6.45) is 1.71. The standard InChI is InChI=1S/C15H17N3O/c1-18(11-13-9-5-6-10-17-13)15(19)14(16)12-7-3-2-4-8-12/h2-10,14H,11,16H2,1H3/t14-/m0/s1. The molecule has 0 radical (unpaired) electrons. The Morgan fingerprint density at radius 1 is 1.21 bits per heavy atom. The van der Waals surface area contributed by atoms with Crippen LogP contribution >= 0.6 is 0 Å². The molecule has 4 heteroatoms. The Balaban J connectivity index is 2.03. The Kier molecular flexibility index (Phi) is 4.26. The fourth-order valence-electron chi connectivity index (χ4n) is 1.85. The highest BCUT2D eigenvalue weighted by Crippen LogP contribution is 2.13. The summed E-state index contributed by atoms with van der Waals surface area (Å²) >= 11 is 0. The first-order valence-corrected chi connectivity index (χ1v) is 6.14. The first-order valence-electron chi connectivity index (χ1n) is 6.14. The molecule has 2 aromatic rings. The molecule has 1 aromatic heterocycles. The third-order valence-corrected chi connectivity index (χ3v) is 2.93. The number of hydrogen-bond donors (Lipinski definition) is 1. The summed E-state index contributed by atoms with van der Waals surface area (Å²) in [5.74, 6) is -0.114. The van der Waals surface area contributed by atoms with Crippen molar-refractivity contribution in [2.24, 2.45) is 5.73 Å². The second-order valence-corrected chi connectivity index (χ2v) is 4.40. The highest BCUT2D eigenvalue weighted by atomic mass is 16.2. The molecular formula is C15H17N3O. The van der Waals surface area contributed by atoms with Crippen LogP contribution in [0.2, 0.25) is 0 Å². The summed E-state index contributed by atoms with van der Waals surface area (Å²) < 4.78 is 0. The number of carbonyl (C=O) groups is 1. The van der Waals surface area contributed by atoms with Gasteiger partial charge in [-0.15, -0.1) is 0 Å². The highest BCUT2D eigenvalue weighted by molar-refractivity contribution is 5.82. The minimum absolute atomic E-state index is 0.114. The molecule has 0 spiro atoms. The lowest BCUT2D eigenvalue weighted by Crippen LogP contribution is -2.35. The summed E-state index contributed by atoms with van der Waals surface area (Å²) in [7, 11) is 1.74. The Labute approximate surface area is 112 Å². The first-order chi connectivity index (χ1) is 9.18. The number of aromatic nitrogens is 1. The molecule has 2 N–H and O–H groups in total. The van der Waals surface area contributed by atoms with Gasteiger partial charge in [-0.3, -0.25) is 9.78 Å². The summed E-state index contributed by atoms with van der Waals surface area (Å²) in [4.78, 5) is 18.0. The van der Waals surface area contributed by atoms with Crippen molar-refractivity contribution in [3.05, 3.63) is 66.0 Å². The third kappa shape index (κ3) is 3.39. The van der Waals surface area contributed by atoms with Crippen LogP contribution < -0.4 is 5.73 Å². The SMILES string of the molecule is CN(Cc1ccccn1)C(=O)[C@@H](N)c1ccccc1. The molecule has 1 heterocycles. The van der Waals surface area contributed by atoms with Crippen LogP contribution in [0.15, 0.2) is 54.7 Å². The zero-order chi connectivity index (χ0) is 13.7. The fourth-order valence-corrected chi connectivity index (χ4v) is 1.85. The molecule has 0 unspecified atom stereocenters. The molecule has 19 heavy (non-hydrogen) atoms. The minimum Gasteiger partial charge on any atom is -0.338 e. The van der Waals surface area contributed by atoms with E-state index in [1.165, 1.54) is 0 Å². The van der Waals surface area contributed by atoms with Crippen LogP contribution in [0.25, 0.3) is 0 Å². The van der Waals surface area contributed by atoms with Crippen LogP contribution in [-0.2, 0) is 11.3 Å². The van der Waals surface area contributed by atoms with Crippen LogP contribution in [0.5, 0.6) is 0 Å². The number of nitrogens with zero attached hydrogens (tertiary/aromatic N) is 2. The van der Waals surface area contributed by atoms with E-state index in [9.17, 15) is 4.79 Å². The highest BCUT2D eigenvalue weighted by Gasteiger charge is 2.19. The lowest BCUT2D eigenvalue weighted by molar-refractivity contribution is -0.132. The average Bonchev–Trinajstić information content (AvgIpc) is 2.47. The van der Waals surface area contributed by atoms with Crippen molar-refractivity contribution in [2.45, 2.75) is 12.6 Å². The van der Waals surface area contributed by atoms with Gasteiger partial charge in [-0.05, 0) is 17.7 Å². The van der Waals surface area contributed by atoms with E-state index in [1.54, 1.807) is 18.1 Å². The lowest BCUT2D eigenvalue weighted by Gasteiger charge is -2.21. The van der Waals surface area contributed by atoms with Gasteiger partial charge in [0.15, 0.2) is 0 Å². The van der Waals surface area contributed by atoms with Crippen molar-refractivity contribution in [1.82, 2.24) is 9.88 Å². The van der Waals surface area contributed by atoms with Crippen LogP contribution in [0.3, 0.4) is 0 Å². The predicted octanol–water partition coefficient (Wildman–Crippen LogP) is 1.74. The largest absolute Gasteiger partial charge is 0.338 e. The lowest BCUT2D eigenvalue weighted by atomic mass is 10.1. The molecule has 0 saturated heterocycles. The molecule has 1 amide bonds. The molecule has 98 valence electrons. The van der Waals surface area contributed by atoms with Gasteiger partial charge in [-0.1, -0.05) is 36.4 Å². The smallest absolute Gasteiger partial charge is 0.244 e. The Hall–Kier alpha value is -2.20. The molecule has 0 fully saturated rings. The zero-order valence-corrected chi connectivity index (χ0v) is 10.9. The van der Waals surface area contributed by atoms with Gasteiger partial charge in [-0.2, -0.15) is 0 Å². The van der Waals surface area contributed by atoms with E-state index in [0.717, 1.165) is 11.3 Å². The molecule has 4 nitrogen and oxygen atoms in total. The quantitative estimate of drug-likeness (QED) is 0.905. The van der Waals surface area contributed by atoms with E-state index in [0.29, 0.717) is 6.54 Å². The van der Waals surface area contributed by atoms with Gasteiger partial charge >= 0.3 is 0 Å². The van der Waals surface area contributed by atoms with Crippen LogP contribution in [0.4, 0.5) is 0 Å². The molecule has 0 aliphatic rings. The van der Waals surface area contributed by atoms with Crippen molar-refractivity contribution in [2.75, 3.05) is 7.05 Å². The zero-order valence-electron chi connectivity index (χ0n) is 10.9. The molecule has 0 aliphatic carbocycles. The van der Waals surface area contributed by atoms with E-state index in [-0.39, 0.29) is 5.91 Å². The second-order valence-electron chi connectivity index (χ2n) is 4.40. The third-order valence-electron chi connectivity index (χ3n) is 2.93. The molecule has 1 atom stereocenters. The van der Waals surface area contributed by atoms with E-state index in [1.807, 2.05) is 48.5 Å². The van der Waals surface area contributed by atoms with Crippen LogP contribution in [0, 0.1) is 0 Å². The van der Waals surface area contributed by atoms with Crippen LogP contribution in [0.1, 0.15) is 17.3 Å². The summed E-state index contributed by atoms with van der Waals surface area (Å²) in [5, 5.41) is 0. The normalized spacial score (nSPS) is 11.9. The van der Waals surface area contributed by atoms with E-state index in [2.05, 4.69) is 4.98 Å². The maximum absolute atomic E-state index is 12.2. The number of carbonyl (C=O) groups excluding carboxylic acids is 1. The summed E-state index contributed by atoms with van der Waals surface area (Å²) in [5.41, 5.74) is 7.65. The molecular weight excluding hydrogens is 238 g/mol. The maximum atomic E-state index is 12.2. The summed E-state index contributed by atoms with van der Waals surface area (Å²) in [6, 6.07) is 14.4. The van der Waals surface area contributed by atoms with Gasteiger partial charge in [0.05, 0.1) is 12.2 Å². The topological polar surface area (TPSA) is 59.2 Å². The average molecular weight is 255 g/mol. The van der Waals surface area contributed by atoms with E-state index >= 15 is 0 Å². The number of rotatable bonds is 4. The predicted molar refractivity (Wildman–Crippen MR) is 74.1 cm³/mol. The Morgan fingerprint density at radius 3 is 2.53 bits per heavy atom. The van der Waals surface area contributed by atoms with Crippen molar-refractivity contribution in [3.8, 4) is 0 Å².